The van der Waals surface area contributed by atoms with E-state index >= 15 is 0 Å². The van der Waals surface area contributed by atoms with Crippen LogP contribution >= 0.6 is 0 Å². The van der Waals surface area contributed by atoms with Gasteiger partial charge in [0.05, 0.1) is 12.8 Å². The van der Waals surface area contributed by atoms with Gasteiger partial charge in [-0.05, 0) is 61.7 Å². The van der Waals surface area contributed by atoms with Crippen molar-refractivity contribution in [3.8, 4) is 5.75 Å². The molecule has 5 heteroatoms. The number of amides is 1. The molecular weight excluding hydrogens is 316 g/mol. The molecule has 0 fully saturated rings. The van der Waals surface area contributed by atoms with Crippen molar-refractivity contribution < 1.29 is 14.4 Å². The smallest absolute Gasteiger partial charge is 0.268 e. The van der Waals surface area contributed by atoms with Gasteiger partial charge < -0.3 is 14.5 Å². The van der Waals surface area contributed by atoms with E-state index in [1.165, 1.54) is 5.56 Å². The van der Waals surface area contributed by atoms with Crippen LogP contribution in [-0.2, 0) is 16.1 Å². The summed E-state index contributed by atoms with van der Waals surface area (Å²) < 4.78 is 5.39. The van der Waals surface area contributed by atoms with Crippen LogP contribution in [0, 0.1) is 0 Å². The van der Waals surface area contributed by atoms with Crippen LogP contribution in [0.15, 0.2) is 53.7 Å². The van der Waals surface area contributed by atoms with Crippen LogP contribution < -0.4 is 9.64 Å². The summed E-state index contributed by atoms with van der Waals surface area (Å²) in [5.74, 6) is 0.735. The van der Waals surface area contributed by atoms with Crippen molar-refractivity contribution in [1.29, 1.82) is 0 Å². The number of carbonyl (C=O) groups is 1. The third-order valence-corrected chi connectivity index (χ3v) is 4.13. The highest BCUT2D eigenvalue weighted by molar-refractivity contribution is 5.97. The number of para-hydroxylation sites is 1. The van der Waals surface area contributed by atoms with Gasteiger partial charge in [-0.15, -0.1) is 0 Å². The summed E-state index contributed by atoms with van der Waals surface area (Å²) in [5, 5.41) is 3.90. The average molecular weight is 338 g/mol. The quantitative estimate of drug-likeness (QED) is 0.599. The fourth-order valence-corrected chi connectivity index (χ4v) is 3.02. The Morgan fingerprint density at radius 2 is 2.00 bits per heavy atom. The second-order valence-electron chi connectivity index (χ2n) is 5.96. The molecule has 0 saturated heterocycles. The molecule has 0 unspecified atom stereocenters. The van der Waals surface area contributed by atoms with E-state index in [0.717, 1.165) is 23.4 Å². The van der Waals surface area contributed by atoms with E-state index in [-0.39, 0.29) is 18.6 Å². The summed E-state index contributed by atoms with van der Waals surface area (Å²) in [6.45, 7) is 4.55. The third-order valence-electron chi connectivity index (χ3n) is 4.13. The first-order valence-electron chi connectivity index (χ1n) is 8.47. The Labute approximate surface area is 147 Å². The predicted octanol–water partition coefficient (Wildman–Crippen LogP) is 3.41. The number of rotatable bonds is 6. The summed E-state index contributed by atoms with van der Waals surface area (Å²) in [6, 6.07) is 15.6. The Bertz CT molecular complexity index is 756. The fourth-order valence-electron chi connectivity index (χ4n) is 3.02. The Hall–Kier alpha value is -2.82. The maximum Gasteiger partial charge on any atom is 0.268 e. The van der Waals surface area contributed by atoms with Crippen molar-refractivity contribution >= 4 is 17.8 Å². The molecule has 0 saturated carbocycles. The number of hydrogen-bond donors (Lipinski definition) is 0. The van der Waals surface area contributed by atoms with E-state index in [9.17, 15) is 4.79 Å². The number of hydrogen-bond acceptors (Lipinski definition) is 4. The van der Waals surface area contributed by atoms with Crippen LogP contribution in [0.1, 0.15) is 25.0 Å². The summed E-state index contributed by atoms with van der Waals surface area (Å²) in [6.07, 6.45) is 2.46. The standard InChI is InChI=1S/C20H22N2O3/c1-3-24-18-10-8-16(9-11-18)13-21-25-14-20(23)22-15(2)12-17-6-4-5-7-19(17)22/h4-11,13,15H,3,12,14H2,1-2H3/b21-13-/t15-/m1/s1. The molecule has 1 aliphatic heterocycles. The molecule has 0 aromatic heterocycles. The molecule has 1 amide bonds. The molecule has 2 aromatic carbocycles. The van der Waals surface area contributed by atoms with Gasteiger partial charge in [-0.3, -0.25) is 4.79 Å². The molecule has 1 heterocycles. The van der Waals surface area contributed by atoms with Gasteiger partial charge in [-0.1, -0.05) is 23.4 Å². The molecule has 3 rings (SSSR count). The minimum atomic E-state index is -0.0821. The van der Waals surface area contributed by atoms with Crippen molar-refractivity contribution in [2.24, 2.45) is 5.16 Å². The van der Waals surface area contributed by atoms with E-state index in [0.29, 0.717) is 6.61 Å². The summed E-state index contributed by atoms with van der Waals surface area (Å²) >= 11 is 0. The Balaban J connectivity index is 1.54. The van der Waals surface area contributed by atoms with Gasteiger partial charge >= 0.3 is 0 Å². The highest BCUT2D eigenvalue weighted by atomic mass is 16.6. The lowest BCUT2D eigenvalue weighted by Crippen LogP contribution is -2.37. The number of ether oxygens (including phenoxy) is 1. The number of benzene rings is 2. The molecule has 0 radical (unpaired) electrons. The molecule has 1 aliphatic rings. The van der Waals surface area contributed by atoms with Crippen molar-refractivity contribution in [1.82, 2.24) is 0 Å². The van der Waals surface area contributed by atoms with Gasteiger partial charge in [-0.2, -0.15) is 0 Å². The van der Waals surface area contributed by atoms with Crippen LogP contribution in [-0.4, -0.2) is 31.4 Å². The maximum atomic E-state index is 12.5. The third kappa shape index (κ3) is 3.99. The highest BCUT2D eigenvalue weighted by Gasteiger charge is 2.30. The van der Waals surface area contributed by atoms with Gasteiger partial charge in [0.1, 0.15) is 5.75 Å². The molecule has 25 heavy (non-hydrogen) atoms. The molecular formula is C20H22N2O3. The highest BCUT2D eigenvalue weighted by Crippen LogP contribution is 2.31. The van der Waals surface area contributed by atoms with E-state index in [1.54, 1.807) is 11.1 Å². The Kier molecular flexibility index (Phi) is 5.33. The average Bonchev–Trinajstić information content (AvgIpc) is 2.96. The zero-order chi connectivity index (χ0) is 17.6. The second kappa shape index (κ2) is 7.83. The lowest BCUT2D eigenvalue weighted by molar-refractivity contribution is -0.123. The zero-order valence-corrected chi connectivity index (χ0v) is 14.5. The van der Waals surface area contributed by atoms with Crippen molar-refractivity contribution in [3.63, 3.8) is 0 Å². The van der Waals surface area contributed by atoms with Gasteiger partial charge in [0.15, 0.2) is 6.61 Å². The number of carbonyl (C=O) groups excluding carboxylic acids is 1. The number of nitrogens with zero attached hydrogens (tertiary/aromatic N) is 2. The van der Waals surface area contributed by atoms with Crippen molar-refractivity contribution in [3.05, 3.63) is 59.7 Å². The first-order chi connectivity index (χ1) is 12.2. The SMILES string of the molecule is CCOc1ccc(/C=N\OCC(=O)N2c3ccccc3C[C@H]2C)cc1. The Morgan fingerprint density at radius 1 is 1.24 bits per heavy atom. The normalized spacial score (nSPS) is 16.1. The molecule has 1 atom stereocenters. The first kappa shape index (κ1) is 17.0. The summed E-state index contributed by atoms with van der Waals surface area (Å²) in [7, 11) is 0. The number of fused-ring (bicyclic) bond motifs is 1. The topological polar surface area (TPSA) is 51.1 Å². The molecule has 2 aromatic rings. The molecule has 0 spiro atoms. The number of anilines is 1. The van der Waals surface area contributed by atoms with Crippen LogP contribution in [0.4, 0.5) is 5.69 Å². The maximum absolute atomic E-state index is 12.5. The second-order valence-corrected chi connectivity index (χ2v) is 5.96. The lowest BCUT2D eigenvalue weighted by atomic mass is 10.1. The van der Waals surface area contributed by atoms with Gasteiger partial charge in [-0.25, -0.2) is 0 Å². The minimum absolute atomic E-state index is 0.0772. The van der Waals surface area contributed by atoms with Gasteiger partial charge in [0.2, 0.25) is 0 Å². The molecule has 130 valence electrons. The number of oxime groups is 1. The molecule has 0 aliphatic carbocycles. The van der Waals surface area contributed by atoms with E-state index in [2.05, 4.69) is 11.2 Å². The van der Waals surface area contributed by atoms with Crippen LogP contribution in [0.25, 0.3) is 0 Å². The lowest BCUT2D eigenvalue weighted by Gasteiger charge is -2.21. The van der Waals surface area contributed by atoms with Crippen LogP contribution in [0.5, 0.6) is 5.75 Å². The van der Waals surface area contributed by atoms with Crippen LogP contribution in [0.2, 0.25) is 0 Å². The summed E-state index contributed by atoms with van der Waals surface area (Å²) in [4.78, 5) is 19.5. The van der Waals surface area contributed by atoms with Gasteiger partial charge in [0, 0.05) is 11.7 Å². The van der Waals surface area contributed by atoms with Gasteiger partial charge in [0.25, 0.3) is 5.91 Å². The minimum Gasteiger partial charge on any atom is -0.494 e. The molecule has 0 bridgehead atoms. The van der Waals surface area contributed by atoms with Crippen molar-refractivity contribution in [2.45, 2.75) is 26.3 Å². The first-order valence-corrected chi connectivity index (χ1v) is 8.47. The van der Waals surface area contributed by atoms with E-state index < -0.39 is 0 Å². The van der Waals surface area contributed by atoms with E-state index in [4.69, 9.17) is 9.57 Å². The largest absolute Gasteiger partial charge is 0.494 e. The monoisotopic (exact) mass is 338 g/mol. The van der Waals surface area contributed by atoms with E-state index in [1.807, 2.05) is 56.3 Å². The van der Waals surface area contributed by atoms with Crippen molar-refractivity contribution in [2.75, 3.05) is 18.1 Å². The molecule has 5 nitrogen and oxygen atoms in total. The molecule has 0 N–H and O–H groups in total. The zero-order valence-electron chi connectivity index (χ0n) is 14.5. The Morgan fingerprint density at radius 3 is 2.76 bits per heavy atom. The predicted molar refractivity (Wildman–Crippen MR) is 98.3 cm³/mol. The fraction of sp³-hybridized carbons (Fsp3) is 0.300. The summed E-state index contributed by atoms with van der Waals surface area (Å²) in [5.41, 5.74) is 3.05. The van der Waals surface area contributed by atoms with Crippen LogP contribution in [0.3, 0.4) is 0 Å².